The van der Waals surface area contributed by atoms with Gasteiger partial charge in [0.2, 0.25) is 0 Å². The fourth-order valence-corrected chi connectivity index (χ4v) is 4.91. The quantitative estimate of drug-likeness (QED) is 0.686. The largest absolute Gasteiger partial charge is 0.384 e. The van der Waals surface area contributed by atoms with Gasteiger partial charge in [0.05, 0.1) is 6.61 Å². The first-order chi connectivity index (χ1) is 12.3. The summed E-state index contributed by atoms with van der Waals surface area (Å²) in [6, 6.07) is 6.68. The average molecular weight is 373 g/mol. The molecule has 1 fully saturated rings. The van der Waals surface area contributed by atoms with E-state index in [1.165, 1.54) is 28.8 Å². The van der Waals surface area contributed by atoms with Crippen molar-refractivity contribution >= 4 is 11.3 Å². The molecule has 26 heavy (non-hydrogen) atoms. The van der Waals surface area contributed by atoms with Crippen LogP contribution < -0.4 is 0 Å². The first-order valence-corrected chi connectivity index (χ1v) is 10.4. The maximum atomic E-state index is 5.67. The van der Waals surface area contributed by atoms with Gasteiger partial charge < -0.3 is 4.74 Å². The van der Waals surface area contributed by atoms with Gasteiger partial charge in [-0.05, 0) is 82.1 Å². The number of hydrogen-bond donors (Lipinski definition) is 0. The Kier molecular flexibility index (Phi) is 5.85. The summed E-state index contributed by atoms with van der Waals surface area (Å²) in [7, 11) is 1.84. The lowest BCUT2D eigenvalue weighted by molar-refractivity contribution is 0.0601. The van der Waals surface area contributed by atoms with Crippen molar-refractivity contribution in [3.8, 4) is 0 Å². The van der Waals surface area contributed by atoms with Crippen LogP contribution >= 0.6 is 11.3 Å². The number of methoxy groups -OCH3 is 1. The van der Waals surface area contributed by atoms with Gasteiger partial charge in [-0.3, -0.25) is 9.88 Å². The van der Waals surface area contributed by atoms with E-state index < -0.39 is 0 Å². The third kappa shape index (κ3) is 4.19. The molecular weight excluding hydrogens is 340 g/mol. The third-order valence-electron chi connectivity index (χ3n) is 6.03. The molecule has 0 aromatic carbocycles. The van der Waals surface area contributed by atoms with E-state index in [0.29, 0.717) is 0 Å². The molecule has 0 unspecified atom stereocenters. The summed E-state index contributed by atoms with van der Waals surface area (Å²) in [5.41, 5.74) is 4.09. The van der Waals surface area contributed by atoms with Crippen molar-refractivity contribution < 1.29 is 4.74 Å². The number of hydrogen-bond acceptors (Lipinski definition) is 4. The Hall–Kier alpha value is -1.23. The summed E-state index contributed by atoms with van der Waals surface area (Å²) in [6.45, 7) is 11.9. The van der Waals surface area contributed by atoms with E-state index in [-0.39, 0.29) is 11.0 Å². The molecule has 0 radical (unpaired) electrons. The minimum Gasteiger partial charge on any atom is -0.384 e. The summed E-state index contributed by atoms with van der Waals surface area (Å²) in [5.74, 6) is 0. The van der Waals surface area contributed by atoms with Gasteiger partial charge >= 0.3 is 0 Å². The van der Waals surface area contributed by atoms with Gasteiger partial charge in [-0.25, -0.2) is 0 Å². The molecule has 0 N–H and O–H groups in total. The van der Waals surface area contributed by atoms with E-state index in [9.17, 15) is 0 Å². The molecule has 142 valence electrons. The molecule has 0 saturated carbocycles. The van der Waals surface area contributed by atoms with Crippen LogP contribution in [-0.4, -0.2) is 36.7 Å². The van der Waals surface area contributed by atoms with Crippen molar-refractivity contribution in [2.24, 2.45) is 5.41 Å². The van der Waals surface area contributed by atoms with Gasteiger partial charge in [0.15, 0.2) is 0 Å². The second-order valence-corrected chi connectivity index (χ2v) is 9.53. The second-order valence-electron chi connectivity index (χ2n) is 8.42. The van der Waals surface area contributed by atoms with E-state index in [2.05, 4.69) is 54.2 Å². The summed E-state index contributed by atoms with van der Waals surface area (Å²) in [4.78, 5) is 8.54. The van der Waals surface area contributed by atoms with Crippen LogP contribution in [0, 0.1) is 19.3 Å². The molecule has 0 spiro atoms. The Balaban J connectivity index is 1.72. The molecule has 0 bridgehead atoms. The number of aromatic nitrogens is 1. The molecule has 1 saturated heterocycles. The summed E-state index contributed by atoms with van der Waals surface area (Å²) in [5, 5.41) is 2.31. The number of ether oxygens (including phenoxy) is 1. The van der Waals surface area contributed by atoms with E-state index in [4.69, 9.17) is 4.74 Å². The second kappa shape index (κ2) is 7.79. The molecule has 1 atom stereocenters. The van der Waals surface area contributed by atoms with Gasteiger partial charge in [-0.15, -0.1) is 11.3 Å². The maximum Gasteiger partial charge on any atom is 0.0531 e. The highest BCUT2D eigenvalue weighted by Crippen LogP contribution is 2.41. The zero-order valence-electron chi connectivity index (χ0n) is 16.8. The van der Waals surface area contributed by atoms with Crippen molar-refractivity contribution in [2.45, 2.75) is 52.5 Å². The minimum atomic E-state index is -0.00480. The van der Waals surface area contributed by atoms with Crippen LogP contribution in [0.3, 0.4) is 0 Å². The number of nitrogens with zero attached hydrogens (tertiary/aromatic N) is 2. The molecule has 3 heterocycles. The van der Waals surface area contributed by atoms with Crippen LogP contribution in [0.5, 0.6) is 0 Å². The number of pyridine rings is 1. The van der Waals surface area contributed by atoms with Crippen molar-refractivity contribution in [3.05, 3.63) is 51.5 Å². The number of aryl methyl sites for hydroxylation is 3. The zero-order valence-corrected chi connectivity index (χ0v) is 17.7. The van der Waals surface area contributed by atoms with Crippen molar-refractivity contribution in [1.82, 2.24) is 9.88 Å². The molecule has 3 nitrogen and oxygen atoms in total. The lowest BCUT2D eigenvalue weighted by Crippen LogP contribution is -2.42. The highest BCUT2D eigenvalue weighted by molar-refractivity contribution is 7.10. The van der Waals surface area contributed by atoms with Crippen molar-refractivity contribution in [1.29, 1.82) is 0 Å². The van der Waals surface area contributed by atoms with E-state index in [1.807, 2.05) is 31.6 Å². The molecule has 3 rings (SSSR count). The molecule has 4 heteroatoms. The predicted octanol–water partition coefficient (Wildman–Crippen LogP) is 4.97. The first-order valence-electron chi connectivity index (χ1n) is 9.56. The summed E-state index contributed by atoms with van der Waals surface area (Å²) in [6.07, 6.45) is 5.58. The van der Waals surface area contributed by atoms with Crippen molar-refractivity contribution in [2.75, 3.05) is 26.8 Å². The third-order valence-corrected chi connectivity index (χ3v) is 6.94. The zero-order chi connectivity index (χ0) is 18.8. The van der Waals surface area contributed by atoms with Crippen LogP contribution in [0.15, 0.2) is 29.8 Å². The number of thiophene rings is 1. The molecule has 1 aliphatic rings. The molecule has 0 aliphatic carbocycles. The molecule has 2 aromatic heterocycles. The van der Waals surface area contributed by atoms with Crippen LogP contribution in [0.2, 0.25) is 0 Å². The Morgan fingerprint density at radius 3 is 2.73 bits per heavy atom. The van der Waals surface area contributed by atoms with Gasteiger partial charge in [-0.1, -0.05) is 6.07 Å². The fraction of sp³-hybridized carbons (Fsp3) is 0.591. The summed E-state index contributed by atoms with van der Waals surface area (Å²) < 4.78 is 5.67. The van der Waals surface area contributed by atoms with Gasteiger partial charge in [-0.2, -0.15) is 0 Å². The molecule has 1 aliphatic heterocycles. The van der Waals surface area contributed by atoms with E-state index in [1.54, 1.807) is 0 Å². The highest BCUT2D eigenvalue weighted by Gasteiger charge is 2.43. The van der Waals surface area contributed by atoms with Crippen LogP contribution in [-0.2, 0) is 16.7 Å². The number of likely N-dealkylation sites (tertiary alicyclic amines) is 1. The molecule has 2 aromatic rings. The average Bonchev–Trinajstić information content (AvgIpc) is 3.21. The lowest BCUT2D eigenvalue weighted by atomic mass is 9.82. The smallest absolute Gasteiger partial charge is 0.0531 e. The Morgan fingerprint density at radius 1 is 1.31 bits per heavy atom. The van der Waals surface area contributed by atoms with Crippen molar-refractivity contribution in [3.63, 3.8) is 0 Å². The van der Waals surface area contributed by atoms with Gasteiger partial charge in [0.25, 0.3) is 0 Å². The van der Waals surface area contributed by atoms with Crippen LogP contribution in [0.25, 0.3) is 0 Å². The molecule has 0 amide bonds. The van der Waals surface area contributed by atoms with Crippen LogP contribution in [0.4, 0.5) is 0 Å². The SMILES string of the molecule is COC[C@@]1(CCc2csc(C)c2)CCN(C(C)(C)c2ccc(C)nc2)C1. The molecular formula is C22H32N2OS. The Bertz CT molecular complexity index is 722. The fourth-order valence-electron chi connectivity index (χ4n) is 4.16. The minimum absolute atomic E-state index is 0.00480. The standard InChI is InChI=1S/C22H32N2OS/c1-17-6-7-20(13-23-17)21(3,4)24-11-10-22(15-24,16-25-5)9-8-19-12-18(2)26-14-19/h6-7,12-14H,8-11,15-16H2,1-5H3/t22-/m0/s1. The Morgan fingerprint density at radius 2 is 2.12 bits per heavy atom. The number of rotatable bonds is 7. The topological polar surface area (TPSA) is 25.4 Å². The van der Waals surface area contributed by atoms with E-state index in [0.717, 1.165) is 31.8 Å². The predicted molar refractivity (Wildman–Crippen MR) is 110 cm³/mol. The Labute approximate surface area is 162 Å². The van der Waals surface area contributed by atoms with Gasteiger partial charge in [0, 0.05) is 41.4 Å². The van der Waals surface area contributed by atoms with Crippen LogP contribution in [0.1, 0.15) is 48.4 Å². The van der Waals surface area contributed by atoms with Gasteiger partial charge in [0.1, 0.15) is 0 Å². The normalized spacial score (nSPS) is 21.4. The highest BCUT2D eigenvalue weighted by atomic mass is 32.1. The maximum absolute atomic E-state index is 5.67. The van der Waals surface area contributed by atoms with E-state index >= 15 is 0 Å². The first kappa shape index (κ1) is 19.5. The summed E-state index contributed by atoms with van der Waals surface area (Å²) >= 11 is 1.85. The monoisotopic (exact) mass is 372 g/mol. The lowest BCUT2D eigenvalue weighted by Gasteiger charge is -2.38.